The van der Waals surface area contributed by atoms with Crippen molar-refractivity contribution >= 4 is 5.91 Å². The number of hydrogen-bond acceptors (Lipinski definition) is 2. The fraction of sp³-hybridized carbons (Fsp3) is 0.917. The van der Waals surface area contributed by atoms with Gasteiger partial charge in [0.25, 0.3) is 0 Å². The third kappa shape index (κ3) is 3.49. The fourth-order valence-corrected chi connectivity index (χ4v) is 1.93. The van der Waals surface area contributed by atoms with Gasteiger partial charge < -0.3 is 10.6 Å². The van der Waals surface area contributed by atoms with E-state index >= 15 is 0 Å². The molecule has 0 heterocycles. The highest BCUT2D eigenvalue weighted by Crippen LogP contribution is 2.37. The maximum atomic E-state index is 12.0. The molecule has 3 nitrogen and oxygen atoms in total. The van der Waals surface area contributed by atoms with Crippen molar-refractivity contribution in [2.24, 2.45) is 23.0 Å². The van der Waals surface area contributed by atoms with Gasteiger partial charge in [0.05, 0.1) is 0 Å². The molecular weight excluding hydrogens is 188 g/mol. The molecule has 0 spiro atoms. The first-order valence-corrected chi connectivity index (χ1v) is 5.82. The van der Waals surface area contributed by atoms with Crippen molar-refractivity contribution < 1.29 is 4.79 Å². The van der Waals surface area contributed by atoms with Crippen LogP contribution in [-0.4, -0.2) is 30.9 Å². The molecule has 0 aromatic rings. The molecule has 1 aliphatic carbocycles. The van der Waals surface area contributed by atoms with E-state index in [1.54, 1.807) is 0 Å². The van der Waals surface area contributed by atoms with E-state index in [9.17, 15) is 4.79 Å². The molecule has 1 aliphatic rings. The van der Waals surface area contributed by atoms with E-state index in [1.165, 1.54) is 12.8 Å². The largest absolute Gasteiger partial charge is 0.345 e. The molecule has 1 fully saturated rings. The second-order valence-electron chi connectivity index (χ2n) is 5.69. The van der Waals surface area contributed by atoms with Crippen LogP contribution in [0, 0.1) is 17.3 Å². The molecule has 1 saturated carbocycles. The summed E-state index contributed by atoms with van der Waals surface area (Å²) in [5, 5.41) is 0. The normalized spacial score (nSPS) is 18.7. The molecule has 15 heavy (non-hydrogen) atoms. The van der Waals surface area contributed by atoms with Crippen molar-refractivity contribution in [3.05, 3.63) is 0 Å². The van der Waals surface area contributed by atoms with E-state index < -0.39 is 0 Å². The van der Waals surface area contributed by atoms with Gasteiger partial charge in [0.2, 0.25) is 5.91 Å². The van der Waals surface area contributed by atoms with E-state index in [-0.39, 0.29) is 17.2 Å². The van der Waals surface area contributed by atoms with Crippen molar-refractivity contribution in [3.8, 4) is 0 Å². The maximum Gasteiger partial charge on any atom is 0.225 e. The van der Waals surface area contributed by atoms with Gasteiger partial charge in [-0.1, -0.05) is 20.8 Å². The van der Waals surface area contributed by atoms with Gasteiger partial charge in [0, 0.05) is 19.5 Å². The highest BCUT2D eigenvalue weighted by Gasteiger charge is 2.34. The average Bonchev–Trinajstić information content (AvgIpc) is 2.98. The van der Waals surface area contributed by atoms with Gasteiger partial charge in [-0.2, -0.15) is 0 Å². The Morgan fingerprint density at radius 2 is 2.07 bits per heavy atom. The summed E-state index contributed by atoms with van der Waals surface area (Å²) in [6, 6.07) is 0. The van der Waals surface area contributed by atoms with Crippen LogP contribution in [-0.2, 0) is 4.79 Å². The highest BCUT2D eigenvalue weighted by atomic mass is 16.2. The lowest BCUT2D eigenvalue weighted by Gasteiger charge is -2.30. The molecule has 1 unspecified atom stereocenters. The summed E-state index contributed by atoms with van der Waals surface area (Å²) in [7, 11) is 1.89. The van der Waals surface area contributed by atoms with Crippen LogP contribution in [0.15, 0.2) is 0 Å². The van der Waals surface area contributed by atoms with E-state index in [0.29, 0.717) is 12.5 Å². The number of carbonyl (C=O) groups is 1. The van der Waals surface area contributed by atoms with E-state index in [2.05, 4.69) is 13.8 Å². The zero-order valence-corrected chi connectivity index (χ0v) is 10.4. The maximum absolute atomic E-state index is 12.0. The fourth-order valence-electron chi connectivity index (χ4n) is 1.93. The summed E-state index contributed by atoms with van der Waals surface area (Å²) in [6.07, 6.45) is 2.45. The predicted octanol–water partition coefficient (Wildman–Crippen LogP) is 1.48. The van der Waals surface area contributed by atoms with Crippen molar-refractivity contribution in [1.29, 1.82) is 0 Å². The SMILES string of the molecule is CC(C(=O)N(C)CC(C)(C)CN)C1CC1. The molecule has 0 bridgehead atoms. The van der Waals surface area contributed by atoms with Gasteiger partial charge in [-0.15, -0.1) is 0 Å². The Morgan fingerprint density at radius 1 is 1.53 bits per heavy atom. The first-order valence-electron chi connectivity index (χ1n) is 5.82. The van der Waals surface area contributed by atoms with Crippen LogP contribution in [0.3, 0.4) is 0 Å². The van der Waals surface area contributed by atoms with Gasteiger partial charge in [0.1, 0.15) is 0 Å². The minimum atomic E-state index is 0.0215. The Kier molecular flexibility index (Phi) is 3.77. The molecule has 0 radical (unpaired) electrons. The zero-order valence-electron chi connectivity index (χ0n) is 10.4. The third-order valence-electron chi connectivity index (χ3n) is 3.31. The van der Waals surface area contributed by atoms with Gasteiger partial charge in [-0.25, -0.2) is 0 Å². The third-order valence-corrected chi connectivity index (χ3v) is 3.31. The van der Waals surface area contributed by atoms with Crippen LogP contribution in [0.4, 0.5) is 0 Å². The monoisotopic (exact) mass is 212 g/mol. The first-order chi connectivity index (χ1) is 6.87. The molecule has 1 amide bonds. The molecule has 0 saturated heterocycles. The van der Waals surface area contributed by atoms with Crippen LogP contribution in [0.5, 0.6) is 0 Å². The molecule has 1 atom stereocenters. The molecule has 2 N–H and O–H groups in total. The lowest BCUT2D eigenvalue weighted by molar-refractivity contribution is -0.135. The number of nitrogens with two attached hydrogens (primary N) is 1. The van der Waals surface area contributed by atoms with Crippen molar-refractivity contribution in [3.63, 3.8) is 0 Å². The predicted molar refractivity (Wildman–Crippen MR) is 62.4 cm³/mol. The van der Waals surface area contributed by atoms with Gasteiger partial charge in [-0.05, 0) is 30.7 Å². The summed E-state index contributed by atoms with van der Waals surface area (Å²) in [5.41, 5.74) is 5.69. The van der Waals surface area contributed by atoms with Crippen molar-refractivity contribution in [2.75, 3.05) is 20.1 Å². The zero-order chi connectivity index (χ0) is 11.6. The molecule has 3 heteroatoms. The van der Waals surface area contributed by atoms with Gasteiger partial charge in [-0.3, -0.25) is 4.79 Å². The Morgan fingerprint density at radius 3 is 2.47 bits per heavy atom. The van der Waals surface area contributed by atoms with E-state index in [1.807, 2.05) is 18.9 Å². The standard InChI is InChI=1S/C12H24N2O/c1-9(10-5-6-10)11(15)14(4)8-12(2,3)7-13/h9-10H,5-8,13H2,1-4H3. The average molecular weight is 212 g/mol. The van der Waals surface area contributed by atoms with E-state index in [4.69, 9.17) is 5.73 Å². The van der Waals surface area contributed by atoms with Crippen LogP contribution in [0.2, 0.25) is 0 Å². The smallest absolute Gasteiger partial charge is 0.225 e. The molecule has 0 aliphatic heterocycles. The second-order valence-corrected chi connectivity index (χ2v) is 5.69. The molecule has 0 aromatic heterocycles. The summed E-state index contributed by atoms with van der Waals surface area (Å²) in [6.45, 7) is 7.60. The van der Waals surface area contributed by atoms with Crippen LogP contribution in [0.25, 0.3) is 0 Å². The van der Waals surface area contributed by atoms with Crippen LogP contribution < -0.4 is 5.73 Å². The lowest BCUT2D eigenvalue weighted by atomic mass is 9.92. The molecule has 0 aromatic carbocycles. The van der Waals surface area contributed by atoms with Crippen molar-refractivity contribution in [1.82, 2.24) is 4.90 Å². The minimum Gasteiger partial charge on any atom is -0.345 e. The number of nitrogens with zero attached hydrogens (tertiary/aromatic N) is 1. The Hall–Kier alpha value is -0.570. The summed E-state index contributed by atoms with van der Waals surface area (Å²) in [5.74, 6) is 1.11. The number of hydrogen-bond donors (Lipinski definition) is 1. The van der Waals surface area contributed by atoms with Gasteiger partial charge in [0.15, 0.2) is 0 Å². The minimum absolute atomic E-state index is 0.0215. The van der Waals surface area contributed by atoms with Crippen molar-refractivity contribution in [2.45, 2.75) is 33.6 Å². The molecule has 88 valence electrons. The van der Waals surface area contributed by atoms with E-state index in [0.717, 1.165) is 6.54 Å². The van der Waals surface area contributed by atoms with Gasteiger partial charge >= 0.3 is 0 Å². The van der Waals surface area contributed by atoms with Crippen LogP contribution >= 0.6 is 0 Å². The quantitative estimate of drug-likeness (QED) is 0.750. The topological polar surface area (TPSA) is 46.3 Å². The highest BCUT2D eigenvalue weighted by molar-refractivity contribution is 5.78. The number of carbonyl (C=O) groups excluding carboxylic acids is 1. The Bertz CT molecular complexity index is 234. The molecule has 1 rings (SSSR count). The second kappa shape index (κ2) is 4.52. The molecular formula is C12H24N2O. The summed E-state index contributed by atoms with van der Waals surface area (Å²) >= 11 is 0. The Labute approximate surface area is 93.0 Å². The number of rotatable bonds is 5. The Balaban J connectivity index is 2.45. The summed E-state index contributed by atoms with van der Waals surface area (Å²) < 4.78 is 0. The van der Waals surface area contributed by atoms with Crippen LogP contribution in [0.1, 0.15) is 33.6 Å². The lowest BCUT2D eigenvalue weighted by Crippen LogP contribution is -2.42. The summed E-state index contributed by atoms with van der Waals surface area (Å²) in [4.78, 5) is 13.8. The first kappa shape index (κ1) is 12.5. The number of amides is 1.